The van der Waals surface area contributed by atoms with Crippen molar-refractivity contribution in [2.24, 2.45) is 23.5 Å². The van der Waals surface area contributed by atoms with E-state index >= 15 is 0 Å². The van der Waals surface area contributed by atoms with Crippen molar-refractivity contribution in [2.45, 2.75) is 50.9 Å². The average molecular weight is 666 g/mol. The minimum Gasteiger partial charge on any atom is -0.494 e. The smallest absolute Gasteiger partial charge is 0.256 e. The topological polar surface area (TPSA) is 112 Å². The number of rotatable bonds is 8. The van der Waals surface area contributed by atoms with E-state index in [-0.39, 0.29) is 29.5 Å². The van der Waals surface area contributed by atoms with Crippen molar-refractivity contribution in [3.63, 3.8) is 0 Å². The molecule has 252 valence electrons. The predicted molar refractivity (Wildman–Crippen MR) is 179 cm³/mol. The summed E-state index contributed by atoms with van der Waals surface area (Å²) in [6.45, 7) is 2.80. The lowest BCUT2D eigenvalue weighted by atomic mass is 9.98. The summed E-state index contributed by atoms with van der Waals surface area (Å²) in [4.78, 5) is 40.5. The number of ether oxygens (including phenoxy) is 1. The summed E-state index contributed by atoms with van der Waals surface area (Å²) in [7, 11) is 1.60. The van der Waals surface area contributed by atoms with Gasteiger partial charge >= 0.3 is 0 Å². The molecular formula is C37H37F2N7O3. The standard InChI is InChI=1S/C37H37F2N7O3/c1-49-31-13-24(36(47)45-19-23-6-9-29(45)32(23)40)11-28-33(31)46(18-21-15-43(16-21)37(48)26-8-7-25(38)14-27(26)39)35(42-28)30-12-22-3-2-10-41-34(22)44(30)17-20-4-5-20/h2-3,7-8,10-14,20-21,23,29,32H,4-6,9,15-19,40H2,1H3/t23?,29?,32-/m1/s1. The maximum atomic E-state index is 14.4. The summed E-state index contributed by atoms with van der Waals surface area (Å²) in [6.07, 6.45) is 6.12. The average Bonchev–Trinajstić information content (AvgIpc) is 3.43. The second-order valence-corrected chi connectivity index (χ2v) is 14.2. The highest BCUT2D eigenvalue weighted by atomic mass is 19.1. The molecule has 9 rings (SSSR count). The molecule has 0 spiro atoms. The number of hydrogen-bond donors (Lipinski definition) is 1. The molecule has 5 heterocycles. The SMILES string of the molecule is COc1cc(C(=O)N2CC3CCC2[C@@H]3N)cc2nc(-c3cc4cccnc4n3CC3CC3)n(CC3CN(C(=O)c4ccc(F)cc4F)C3)c12. The van der Waals surface area contributed by atoms with Crippen LogP contribution in [0.15, 0.2) is 54.7 Å². The molecule has 49 heavy (non-hydrogen) atoms. The fraction of sp³-hybridized carbons (Fsp3) is 0.405. The van der Waals surface area contributed by atoms with Crippen LogP contribution < -0.4 is 10.5 Å². The predicted octanol–water partition coefficient (Wildman–Crippen LogP) is 5.08. The van der Waals surface area contributed by atoms with Crippen LogP contribution in [-0.4, -0.2) is 79.5 Å². The zero-order valence-electron chi connectivity index (χ0n) is 27.2. The molecular weight excluding hydrogens is 628 g/mol. The number of benzene rings is 2. The van der Waals surface area contributed by atoms with Crippen molar-refractivity contribution in [3.05, 3.63) is 77.5 Å². The van der Waals surface area contributed by atoms with E-state index < -0.39 is 17.5 Å². The van der Waals surface area contributed by atoms with Crippen LogP contribution in [0.4, 0.5) is 8.78 Å². The van der Waals surface area contributed by atoms with Gasteiger partial charge in [-0.3, -0.25) is 9.59 Å². The summed E-state index contributed by atoms with van der Waals surface area (Å²) in [6, 6.07) is 12.9. The molecule has 3 atom stereocenters. The highest BCUT2D eigenvalue weighted by Gasteiger charge is 2.47. The molecule has 12 heteroatoms. The van der Waals surface area contributed by atoms with E-state index in [9.17, 15) is 18.4 Å². The molecule has 4 aliphatic rings. The number of fused-ring (bicyclic) bond motifs is 4. The summed E-state index contributed by atoms with van der Waals surface area (Å²) in [5.41, 5.74) is 10.1. The second kappa shape index (κ2) is 11.4. The Morgan fingerprint density at radius 1 is 0.939 bits per heavy atom. The second-order valence-electron chi connectivity index (χ2n) is 14.2. The Morgan fingerprint density at radius 3 is 2.47 bits per heavy atom. The quantitative estimate of drug-likeness (QED) is 0.248. The molecule has 2 saturated heterocycles. The molecule has 2 saturated carbocycles. The lowest BCUT2D eigenvalue weighted by Gasteiger charge is -2.40. The number of aromatic nitrogens is 4. The van der Waals surface area contributed by atoms with Gasteiger partial charge in [0.2, 0.25) is 0 Å². The zero-order valence-corrected chi connectivity index (χ0v) is 27.2. The van der Waals surface area contributed by atoms with Crippen molar-refractivity contribution < 1.29 is 23.1 Å². The number of likely N-dealkylation sites (tertiary alicyclic amines) is 2. The summed E-state index contributed by atoms with van der Waals surface area (Å²) in [5.74, 6) is 0.102. The Morgan fingerprint density at radius 2 is 1.76 bits per heavy atom. The maximum Gasteiger partial charge on any atom is 0.256 e. The third-order valence-corrected chi connectivity index (χ3v) is 11.1. The first-order valence-electron chi connectivity index (χ1n) is 17.1. The van der Waals surface area contributed by atoms with Crippen LogP contribution in [0.25, 0.3) is 33.6 Å². The Kier molecular flexibility index (Phi) is 7.01. The molecule has 5 aromatic rings. The monoisotopic (exact) mass is 665 g/mol. The zero-order chi connectivity index (χ0) is 33.6. The van der Waals surface area contributed by atoms with E-state index in [1.165, 1.54) is 18.9 Å². The highest BCUT2D eigenvalue weighted by molar-refractivity contribution is 6.00. The van der Waals surface area contributed by atoms with Gasteiger partial charge in [0.15, 0.2) is 5.82 Å². The van der Waals surface area contributed by atoms with Gasteiger partial charge in [0, 0.05) is 73.9 Å². The van der Waals surface area contributed by atoms with Crippen LogP contribution in [0.3, 0.4) is 0 Å². The van der Waals surface area contributed by atoms with E-state index in [0.717, 1.165) is 59.6 Å². The maximum absolute atomic E-state index is 14.4. The number of pyridine rings is 1. The van der Waals surface area contributed by atoms with Gasteiger partial charge < -0.3 is 29.4 Å². The minimum atomic E-state index is -0.868. The van der Waals surface area contributed by atoms with E-state index in [4.69, 9.17) is 20.4 Å². The van der Waals surface area contributed by atoms with E-state index in [0.29, 0.717) is 54.8 Å². The number of methoxy groups -OCH3 is 1. The van der Waals surface area contributed by atoms with Crippen LogP contribution >= 0.6 is 0 Å². The minimum absolute atomic E-state index is 0.0101. The molecule has 2 aliphatic heterocycles. The van der Waals surface area contributed by atoms with Crippen molar-refractivity contribution in [3.8, 4) is 17.3 Å². The van der Waals surface area contributed by atoms with Gasteiger partial charge in [0.25, 0.3) is 11.8 Å². The molecule has 2 aromatic carbocycles. The van der Waals surface area contributed by atoms with E-state index in [1.807, 2.05) is 17.0 Å². The van der Waals surface area contributed by atoms with Crippen LogP contribution in [-0.2, 0) is 13.1 Å². The van der Waals surface area contributed by atoms with Crippen molar-refractivity contribution >= 4 is 33.9 Å². The highest BCUT2D eigenvalue weighted by Crippen LogP contribution is 2.41. The van der Waals surface area contributed by atoms with Crippen LogP contribution in [0.1, 0.15) is 46.4 Å². The first-order chi connectivity index (χ1) is 23.8. The summed E-state index contributed by atoms with van der Waals surface area (Å²) in [5, 5.41) is 1.02. The first-order valence-corrected chi connectivity index (χ1v) is 17.1. The number of piperidine rings is 1. The largest absolute Gasteiger partial charge is 0.494 e. The Labute approximate surface area is 281 Å². The number of carbonyl (C=O) groups is 2. The number of hydrogen-bond acceptors (Lipinski definition) is 6. The Hall–Kier alpha value is -4.84. The molecule has 0 radical (unpaired) electrons. The van der Waals surface area contributed by atoms with E-state index in [1.54, 1.807) is 24.3 Å². The van der Waals surface area contributed by atoms with Gasteiger partial charge in [-0.2, -0.15) is 0 Å². The van der Waals surface area contributed by atoms with Gasteiger partial charge in [-0.05, 0) is 80.0 Å². The molecule has 2 amide bonds. The molecule has 2 bridgehead atoms. The molecule has 3 aromatic heterocycles. The lowest BCUT2D eigenvalue weighted by Crippen LogP contribution is -2.51. The van der Waals surface area contributed by atoms with Gasteiger partial charge in [-0.25, -0.2) is 18.7 Å². The molecule has 2 unspecified atom stereocenters. The fourth-order valence-corrected chi connectivity index (χ4v) is 8.29. The number of amides is 2. The first kappa shape index (κ1) is 30.2. The fourth-order valence-electron chi connectivity index (χ4n) is 8.29. The normalized spacial score (nSPS) is 22.0. The van der Waals surface area contributed by atoms with E-state index in [2.05, 4.69) is 21.3 Å². The van der Waals surface area contributed by atoms with Gasteiger partial charge in [-0.1, -0.05) is 0 Å². The number of nitrogens with two attached hydrogens (primary N) is 1. The summed E-state index contributed by atoms with van der Waals surface area (Å²) >= 11 is 0. The Bertz CT molecular complexity index is 2150. The third-order valence-electron chi connectivity index (χ3n) is 11.1. The number of imidazole rings is 1. The van der Waals surface area contributed by atoms with Gasteiger partial charge in [0.05, 0.1) is 23.9 Å². The summed E-state index contributed by atoms with van der Waals surface area (Å²) < 4.78 is 38.3. The third kappa shape index (κ3) is 4.98. The van der Waals surface area contributed by atoms with Crippen LogP contribution in [0.2, 0.25) is 0 Å². The molecule has 4 fully saturated rings. The van der Waals surface area contributed by atoms with Crippen molar-refractivity contribution in [2.75, 3.05) is 26.7 Å². The van der Waals surface area contributed by atoms with Gasteiger partial charge in [0.1, 0.15) is 28.5 Å². The number of carbonyl (C=O) groups excluding carboxylic acids is 2. The molecule has 2 N–H and O–H groups in total. The lowest BCUT2D eigenvalue weighted by molar-refractivity contribution is 0.0466. The van der Waals surface area contributed by atoms with Crippen molar-refractivity contribution in [1.82, 2.24) is 28.9 Å². The molecule has 10 nitrogen and oxygen atoms in total. The Balaban J connectivity index is 1.11. The van der Waals surface area contributed by atoms with Crippen LogP contribution in [0.5, 0.6) is 5.75 Å². The number of nitrogens with zero attached hydrogens (tertiary/aromatic N) is 6. The van der Waals surface area contributed by atoms with Crippen LogP contribution in [0, 0.1) is 29.4 Å². The number of halogens is 2. The van der Waals surface area contributed by atoms with Gasteiger partial charge in [-0.15, -0.1) is 0 Å². The molecule has 2 aliphatic carbocycles. The van der Waals surface area contributed by atoms with Crippen molar-refractivity contribution in [1.29, 1.82) is 0 Å².